The molecule has 0 aromatic heterocycles. The first-order chi connectivity index (χ1) is 4.25. The number of esters is 1. The van der Waals surface area contributed by atoms with Gasteiger partial charge in [0, 0.05) is 6.54 Å². The Morgan fingerprint density at radius 1 is 1.89 bits per heavy atom. The second-order valence-electron chi connectivity index (χ2n) is 1.99. The molecule has 0 bridgehead atoms. The van der Waals surface area contributed by atoms with E-state index >= 15 is 0 Å². The Balaban J connectivity index is 2.35. The van der Waals surface area contributed by atoms with Gasteiger partial charge in [-0.3, -0.25) is 4.79 Å². The number of carbonyl (C=O) groups excluding carboxylic acids is 1. The molecule has 1 N–H and O–H groups in total. The van der Waals surface area contributed by atoms with Crippen molar-refractivity contribution in [1.29, 1.82) is 0 Å². The zero-order chi connectivity index (χ0) is 6.85. The average Bonchev–Trinajstić information content (AvgIpc) is 1.84. The summed E-state index contributed by atoms with van der Waals surface area (Å²) in [6.45, 7) is 0.569. The molecule has 52 valence electrons. The van der Waals surface area contributed by atoms with Crippen molar-refractivity contribution in [2.45, 2.75) is 12.5 Å². The lowest BCUT2D eigenvalue weighted by molar-refractivity contribution is -0.201. The van der Waals surface area contributed by atoms with E-state index in [1.165, 1.54) is 7.11 Å². The van der Waals surface area contributed by atoms with Gasteiger partial charge in [-0.05, 0) is 6.42 Å². The molecule has 0 aromatic carbocycles. The highest BCUT2D eigenvalue weighted by Crippen LogP contribution is 2.14. The van der Waals surface area contributed by atoms with E-state index in [0.717, 1.165) is 5.06 Å². The molecule has 1 heterocycles. The predicted octanol–water partition coefficient (Wildman–Crippen LogP) is -0.377. The Kier molecular flexibility index (Phi) is 1.68. The molecule has 0 radical (unpaired) electrons. The molecule has 0 amide bonds. The average molecular weight is 131 g/mol. The summed E-state index contributed by atoms with van der Waals surface area (Å²) in [6.07, 6.45) is 0.698. The number of nitrogens with zero attached hydrogens (tertiary/aromatic N) is 1. The molecule has 0 aliphatic carbocycles. The number of rotatable bonds is 1. The van der Waals surface area contributed by atoms with Crippen LogP contribution in [0.2, 0.25) is 0 Å². The maximum Gasteiger partial charge on any atom is 0.325 e. The molecule has 0 saturated carbocycles. The van der Waals surface area contributed by atoms with Gasteiger partial charge in [0.2, 0.25) is 0 Å². The molecule has 0 spiro atoms. The minimum absolute atomic E-state index is 0.358. The van der Waals surface area contributed by atoms with Crippen LogP contribution >= 0.6 is 0 Å². The van der Waals surface area contributed by atoms with Crippen LogP contribution in [0.3, 0.4) is 0 Å². The Labute approximate surface area is 53.0 Å². The van der Waals surface area contributed by atoms with E-state index in [0.29, 0.717) is 13.0 Å². The smallest absolute Gasteiger partial charge is 0.325 e. The third kappa shape index (κ3) is 1.04. The highest BCUT2D eigenvalue weighted by Gasteiger charge is 2.33. The molecule has 4 heteroatoms. The largest absolute Gasteiger partial charge is 0.468 e. The number of ether oxygens (including phenoxy) is 1. The molecular weight excluding hydrogens is 122 g/mol. The van der Waals surface area contributed by atoms with Crippen LogP contribution < -0.4 is 0 Å². The van der Waals surface area contributed by atoms with Gasteiger partial charge < -0.3 is 9.94 Å². The lowest BCUT2D eigenvalue weighted by Crippen LogP contribution is -2.50. The van der Waals surface area contributed by atoms with Crippen molar-refractivity contribution >= 4 is 5.97 Å². The second kappa shape index (κ2) is 2.33. The summed E-state index contributed by atoms with van der Waals surface area (Å²) in [4.78, 5) is 10.6. The van der Waals surface area contributed by atoms with Crippen LogP contribution in [0.5, 0.6) is 0 Å². The minimum Gasteiger partial charge on any atom is -0.468 e. The van der Waals surface area contributed by atoms with Crippen molar-refractivity contribution in [3.8, 4) is 0 Å². The molecule has 1 aliphatic rings. The highest BCUT2D eigenvalue weighted by atomic mass is 16.5. The van der Waals surface area contributed by atoms with Gasteiger partial charge in [0.25, 0.3) is 0 Å². The fourth-order valence-electron chi connectivity index (χ4n) is 0.749. The summed E-state index contributed by atoms with van der Waals surface area (Å²) in [5, 5.41) is 9.72. The minimum atomic E-state index is -0.407. The van der Waals surface area contributed by atoms with Crippen LogP contribution in [-0.4, -0.2) is 35.9 Å². The first kappa shape index (κ1) is 6.51. The Morgan fingerprint density at radius 3 is 2.67 bits per heavy atom. The molecule has 1 saturated heterocycles. The van der Waals surface area contributed by atoms with E-state index in [4.69, 9.17) is 5.21 Å². The summed E-state index contributed by atoms with van der Waals surface area (Å²) < 4.78 is 4.38. The number of methoxy groups -OCH3 is 1. The fraction of sp³-hybridized carbons (Fsp3) is 0.800. The van der Waals surface area contributed by atoms with Crippen molar-refractivity contribution in [1.82, 2.24) is 5.06 Å². The monoisotopic (exact) mass is 131 g/mol. The molecule has 1 atom stereocenters. The lowest BCUT2D eigenvalue weighted by Gasteiger charge is -2.32. The summed E-state index contributed by atoms with van der Waals surface area (Å²) in [6, 6.07) is -0.407. The van der Waals surface area contributed by atoms with Crippen LogP contribution in [0.1, 0.15) is 6.42 Å². The van der Waals surface area contributed by atoms with Crippen LogP contribution in [0.25, 0.3) is 0 Å². The van der Waals surface area contributed by atoms with Crippen LogP contribution in [-0.2, 0) is 9.53 Å². The van der Waals surface area contributed by atoms with Gasteiger partial charge in [-0.25, -0.2) is 0 Å². The van der Waals surface area contributed by atoms with Crippen LogP contribution in [0, 0.1) is 0 Å². The van der Waals surface area contributed by atoms with Crippen LogP contribution in [0.4, 0.5) is 0 Å². The Morgan fingerprint density at radius 2 is 2.56 bits per heavy atom. The van der Waals surface area contributed by atoms with E-state index in [-0.39, 0.29) is 5.97 Å². The van der Waals surface area contributed by atoms with Gasteiger partial charge in [-0.1, -0.05) is 0 Å². The van der Waals surface area contributed by atoms with Gasteiger partial charge in [0.1, 0.15) is 6.04 Å². The van der Waals surface area contributed by atoms with Gasteiger partial charge in [-0.15, -0.1) is 0 Å². The Hall–Kier alpha value is -0.610. The Bertz CT molecular complexity index is 125. The number of hydrogen-bond acceptors (Lipinski definition) is 4. The predicted molar refractivity (Wildman–Crippen MR) is 28.9 cm³/mol. The molecule has 1 aliphatic heterocycles. The van der Waals surface area contributed by atoms with E-state index in [1.807, 2.05) is 0 Å². The summed E-state index contributed by atoms with van der Waals surface area (Å²) in [7, 11) is 1.31. The zero-order valence-electron chi connectivity index (χ0n) is 5.20. The van der Waals surface area contributed by atoms with Crippen molar-refractivity contribution in [3.05, 3.63) is 0 Å². The summed E-state index contributed by atoms with van der Waals surface area (Å²) >= 11 is 0. The van der Waals surface area contributed by atoms with Crippen molar-refractivity contribution in [2.24, 2.45) is 0 Å². The number of hydrogen-bond donors (Lipinski definition) is 1. The van der Waals surface area contributed by atoms with Gasteiger partial charge in [0.15, 0.2) is 0 Å². The normalized spacial score (nSPS) is 27.1. The molecule has 1 rings (SSSR count). The van der Waals surface area contributed by atoms with Crippen LogP contribution in [0.15, 0.2) is 0 Å². The zero-order valence-corrected chi connectivity index (χ0v) is 5.20. The SMILES string of the molecule is COC(=O)C1CCN1O. The van der Waals surface area contributed by atoms with E-state index in [2.05, 4.69) is 4.74 Å². The number of carbonyl (C=O) groups is 1. The van der Waals surface area contributed by atoms with Crippen molar-refractivity contribution < 1.29 is 14.7 Å². The topological polar surface area (TPSA) is 49.8 Å². The lowest BCUT2D eigenvalue weighted by atomic mass is 10.1. The quantitative estimate of drug-likeness (QED) is 0.493. The third-order valence-corrected chi connectivity index (χ3v) is 1.46. The molecule has 1 fully saturated rings. The van der Waals surface area contributed by atoms with Gasteiger partial charge in [-0.2, -0.15) is 5.06 Å². The molecule has 0 aromatic rings. The van der Waals surface area contributed by atoms with E-state index in [9.17, 15) is 4.79 Å². The second-order valence-corrected chi connectivity index (χ2v) is 1.99. The summed E-state index contributed by atoms with van der Waals surface area (Å²) in [5.74, 6) is -0.358. The summed E-state index contributed by atoms with van der Waals surface area (Å²) in [5.41, 5.74) is 0. The van der Waals surface area contributed by atoms with Gasteiger partial charge >= 0.3 is 5.97 Å². The number of hydroxylamine groups is 2. The molecule has 1 unspecified atom stereocenters. The van der Waals surface area contributed by atoms with Crippen molar-refractivity contribution in [2.75, 3.05) is 13.7 Å². The maximum atomic E-state index is 10.6. The molecule has 9 heavy (non-hydrogen) atoms. The maximum absolute atomic E-state index is 10.6. The molecule has 4 nitrogen and oxygen atoms in total. The first-order valence-electron chi connectivity index (χ1n) is 2.79. The van der Waals surface area contributed by atoms with E-state index in [1.54, 1.807) is 0 Å². The first-order valence-corrected chi connectivity index (χ1v) is 2.79. The third-order valence-electron chi connectivity index (χ3n) is 1.46. The highest BCUT2D eigenvalue weighted by molar-refractivity contribution is 5.76. The van der Waals surface area contributed by atoms with E-state index < -0.39 is 6.04 Å². The standard InChI is InChI=1S/C5H9NO3/c1-9-5(7)4-2-3-6(4)8/h4,8H,2-3H2,1H3. The molecular formula is C5H9NO3. The van der Waals surface area contributed by atoms with Gasteiger partial charge in [0.05, 0.1) is 7.11 Å². The van der Waals surface area contributed by atoms with Crippen molar-refractivity contribution in [3.63, 3.8) is 0 Å². The fourth-order valence-corrected chi connectivity index (χ4v) is 0.749.